The van der Waals surface area contributed by atoms with E-state index in [9.17, 15) is 5.11 Å². The Labute approximate surface area is 168 Å². The summed E-state index contributed by atoms with van der Waals surface area (Å²) in [6.45, 7) is 0. The molecule has 3 aromatic heterocycles. The Kier molecular flexibility index (Phi) is 3.80. The Morgan fingerprint density at radius 1 is 1.11 bits per heavy atom. The quantitative estimate of drug-likeness (QED) is 0.370. The lowest BCUT2D eigenvalue weighted by atomic mass is 10.1. The topological polar surface area (TPSA) is 96.0 Å². The van der Waals surface area contributed by atoms with Crippen molar-refractivity contribution >= 4 is 27.4 Å². The molecule has 0 saturated carbocycles. The number of aromatic hydroxyl groups is 1. The molecule has 0 saturated heterocycles. The van der Waals surface area contributed by atoms with Crippen molar-refractivity contribution in [3.63, 3.8) is 0 Å². The number of ether oxygens (including phenoxy) is 1. The SMILES string of the molecule is COc1ccc(Br)c(-c2nc3c([nH]2)-c2ccncc2Nc2ncccc2-3)c1O. The number of aromatic amines is 1. The monoisotopic (exact) mass is 435 g/mol. The van der Waals surface area contributed by atoms with Crippen LogP contribution < -0.4 is 10.1 Å². The summed E-state index contributed by atoms with van der Waals surface area (Å²) in [5.41, 5.74) is 4.69. The number of hydrogen-bond donors (Lipinski definition) is 3. The zero-order valence-electron chi connectivity index (χ0n) is 14.7. The smallest absolute Gasteiger partial charge is 0.169 e. The van der Waals surface area contributed by atoms with Gasteiger partial charge in [0.15, 0.2) is 11.5 Å². The number of anilines is 2. The summed E-state index contributed by atoms with van der Waals surface area (Å²) in [6, 6.07) is 9.25. The first kappa shape index (κ1) is 16.8. The number of halogens is 1. The van der Waals surface area contributed by atoms with Gasteiger partial charge in [0.25, 0.3) is 0 Å². The molecule has 0 unspecified atom stereocenters. The van der Waals surface area contributed by atoms with Crippen molar-refractivity contribution in [1.82, 2.24) is 19.9 Å². The normalized spacial score (nSPS) is 11.6. The summed E-state index contributed by atoms with van der Waals surface area (Å²) in [7, 11) is 1.51. The molecular weight excluding hydrogens is 422 g/mol. The molecular formula is C20H14BrN5O2. The largest absolute Gasteiger partial charge is 0.504 e. The van der Waals surface area contributed by atoms with E-state index in [4.69, 9.17) is 9.72 Å². The molecule has 28 heavy (non-hydrogen) atoms. The molecule has 0 bridgehead atoms. The Hall–Kier alpha value is -3.39. The fourth-order valence-electron chi connectivity index (χ4n) is 3.35. The average molecular weight is 436 g/mol. The van der Waals surface area contributed by atoms with Crippen molar-refractivity contribution in [3.05, 3.63) is 53.4 Å². The van der Waals surface area contributed by atoms with E-state index in [1.54, 1.807) is 24.7 Å². The van der Waals surface area contributed by atoms with Gasteiger partial charge >= 0.3 is 0 Å². The number of phenols is 1. The average Bonchev–Trinajstić information content (AvgIpc) is 3.08. The molecule has 8 heteroatoms. The van der Waals surface area contributed by atoms with Gasteiger partial charge in [-0.15, -0.1) is 0 Å². The van der Waals surface area contributed by atoms with E-state index in [2.05, 4.69) is 36.2 Å². The lowest BCUT2D eigenvalue weighted by Gasteiger charge is -2.10. The fraction of sp³-hybridized carbons (Fsp3) is 0.0500. The van der Waals surface area contributed by atoms with Crippen molar-refractivity contribution in [2.24, 2.45) is 0 Å². The summed E-state index contributed by atoms with van der Waals surface area (Å²) >= 11 is 3.51. The van der Waals surface area contributed by atoms with E-state index in [0.717, 1.165) is 28.2 Å². The van der Waals surface area contributed by atoms with Gasteiger partial charge < -0.3 is 20.1 Å². The summed E-state index contributed by atoms with van der Waals surface area (Å²) in [4.78, 5) is 16.8. The number of pyridine rings is 2. The van der Waals surface area contributed by atoms with Gasteiger partial charge in [-0.2, -0.15) is 0 Å². The molecule has 0 radical (unpaired) electrons. The van der Waals surface area contributed by atoms with Crippen LogP contribution in [0.5, 0.6) is 11.5 Å². The predicted octanol–water partition coefficient (Wildman–Crippen LogP) is 4.73. The van der Waals surface area contributed by atoms with Crippen LogP contribution in [0.1, 0.15) is 0 Å². The van der Waals surface area contributed by atoms with Crippen LogP contribution in [0.4, 0.5) is 11.5 Å². The highest BCUT2D eigenvalue weighted by molar-refractivity contribution is 9.10. The molecule has 0 amide bonds. The number of fused-ring (bicyclic) bond motifs is 5. The van der Waals surface area contributed by atoms with Crippen molar-refractivity contribution in [2.75, 3.05) is 12.4 Å². The van der Waals surface area contributed by atoms with E-state index in [1.807, 2.05) is 24.3 Å². The van der Waals surface area contributed by atoms with Gasteiger partial charge in [-0.25, -0.2) is 9.97 Å². The molecule has 4 aromatic rings. The van der Waals surface area contributed by atoms with Gasteiger partial charge in [0.05, 0.1) is 30.3 Å². The first-order valence-electron chi connectivity index (χ1n) is 8.50. The van der Waals surface area contributed by atoms with E-state index >= 15 is 0 Å². The van der Waals surface area contributed by atoms with E-state index < -0.39 is 0 Å². The first-order chi connectivity index (χ1) is 13.7. The molecule has 1 aromatic carbocycles. The minimum atomic E-state index is 0.0141. The summed E-state index contributed by atoms with van der Waals surface area (Å²) in [6.07, 6.45) is 5.21. The minimum Gasteiger partial charge on any atom is -0.504 e. The second kappa shape index (κ2) is 6.35. The highest BCUT2D eigenvalue weighted by atomic mass is 79.9. The Morgan fingerprint density at radius 3 is 2.86 bits per heavy atom. The molecule has 0 aliphatic carbocycles. The Bertz CT molecular complexity index is 1160. The van der Waals surface area contributed by atoms with Gasteiger partial charge in [-0.3, -0.25) is 4.98 Å². The Balaban J connectivity index is 1.81. The zero-order chi connectivity index (χ0) is 19.3. The van der Waals surface area contributed by atoms with Gasteiger partial charge in [-0.05, 0) is 46.3 Å². The molecule has 0 atom stereocenters. The molecule has 7 nitrogen and oxygen atoms in total. The molecule has 3 N–H and O–H groups in total. The number of nitrogens with one attached hydrogen (secondary N) is 2. The number of aromatic nitrogens is 4. The molecule has 138 valence electrons. The Morgan fingerprint density at radius 2 is 2.00 bits per heavy atom. The van der Waals surface area contributed by atoms with Crippen molar-refractivity contribution < 1.29 is 9.84 Å². The van der Waals surface area contributed by atoms with E-state index in [-0.39, 0.29) is 5.75 Å². The maximum absolute atomic E-state index is 10.7. The number of phenolic OH excluding ortho intramolecular Hbond substituents is 1. The zero-order valence-corrected chi connectivity index (χ0v) is 16.3. The van der Waals surface area contributed by atoms with Crippen LogP contribution in [0.25, 0.3) is 33.9 Å². The van der Waals surface area contributed by atoms with Crippen molar-refractivity contribution in [2.45, 2.75) is 0 Å². The van der Waals surface area contributed by atoms with Crippen LogP contribution in [-0.2, 0) is 0 Å². The molecule has 1 aliphatic heterocycles. The molecule has 0 spiro atoms. The third kappa shape index (κ3) is 2.45. The van der Waals surface area contributed by atoms with Crippen LogP contribution in [0, 0.1) is 0 Å². The van der Waals surface area contributed by atoms with Crippen LogP contribution in [0.2, 0.25) is 0 Å². The number of benzene rings is 1. The third-order valence-corrected chi connectivity index (χ3v) is 5.32. The van der Waals surface area contributed by atoms with Crippen molar-refractivity contribution in [1.29, 1.82) is 0 Å². The predicted molar refractivity (Wildman–Crippen MR) is 110 cm³/mol. The number of H-pyrrole nitrogens is 1. The standard InChI is InChI=1S/C20H14BrN5O2/c1-28-14-5-4-12(21)15(18(14)27)20-25-16-10-6-8-22-9-13(10)24-19-11(17(16)26-20)3-2-7-23-19/h2-9,27H,1H3,(H,23,24)(H,25,26). The molecule has 1 aliphatic rings. The van der Waals surface area contributed by atoms with Crippen LogP contribution >= 0.6 is 15.9 Å². The number of hydrogen-bond acceptors (Lipinski definition) is 6. The van der Waals surface area contributed by atoms with Crippen molar-refractivity contribution in [3.8, 4) is 45.4 Å². The second-order valence-electron chi connectivity index (χ2n) is 6.23. The maximum Gasteiger partial charge on any atom is 0.169 e. The molecule has 0 fully saturated rings. The summed E-state index contributed by atoms with van der Waals surface area (Å²) < 4.78 is 5.96. The van der Waals surface area contributed by atoms with E-state index in [1.165, 1.54) is 7.11 Å². The minimum absolute atomic E-state index is 0.0141. The highest BCUT2D eigenvalue weighted by Crippen LogP contribution is 2.46. The maximum atomic E-state index is 10.7. The summed E-state index contributed by atoms with van der Waals surface area (Å²) in [5, 5.41) is 14.0. The van der Waals surface area contributed by atoms with E-state index in [0.29, 0.717) is 27.4 Å². The van der Waals surface area contributed by atoms with Crippen LogP contribution in [0.3, 0.4) is 0 Å². The van der Waals surface area contributed by atoms with Gasteiger partial charge in [0.2, 0.25) is 0 Å². The molecule has 5 rings (SSSR count). The summed E-state index contributed by atoms with van der Waals surface area (Å²) in [5.74, 6) is 1.61. The number of nitrogens with zero attached hydrogens (tertiary/aromatic N) is 3. The van der Waals surface area contributed by atoms with Crippen LogP contribution in [-0.4, -0.2) is 32.2 Å². The van der Waals surface area contributed by atoms with Gasteiger partial charge in [0.1, 0.15) is 17.3 Å². The first-order valence-corrected chi connectivity index (χ1v) is 9.29. The number of imidazole rings is 1. The lowest BCUT2D eigenvalue weighted by Crippen LogP contribution is -1.96. The highest BCUT2D eigenvalue weighted by Gasteiger charge is 2.26. The number of methoxy groups -OCH3 is 1. The van der Waals surface area contributed by atoms with Crippen LogP contribution in [0.15, 0.2) is 53.4 Å². The number of rotatable bonds is 2. The van der Waals surface area contributed by atoms with Gasteiger partial charge in [0, 0.05) is 28.0 Å². The third-order valence-electron chi connectivity index (χ3n) is 4.66. The molecule has 4 heterocycles. The lowest BCUT2D eigenvalue weighted by molar-refractivity contribution is 0.374. The fourth-order valence-corrected chi connectivity index (χ4v) is 3.86. The second-order valence-corrected chi connectivity index (χ2v) is 7.08. The van der Waals surface area contributed by atoms with Gasteiger partial charge in [-0.1, -0.05) is 0 Å².